The summed E-state index contributed by atoms with van der Waals surface area (Å²) in [7, 11) is 3.18. The largest absolute Gasteiger partial charge is 0.468 e. The first-order chi connectivity index (χ1) is 15.0. The summed E-state index contributed by atoms with van der Waals surface area (Å²) in [5, 5.41) is 4.85. The fourth-order valence-corrected chi connectivity index (χ4v) is 3.11. The van der Waals surface area contributed by atoms with Gasteiger partial charge >= 0.3 is 17.9 Å². The van der Waals surface area contributed by atoms with Crippen molar-refractivity contribution >= 4 is 29.7 Å². The highest BCUT2D eigenvalue weighted by atomic mass is 19.1. The molecule has 10 nitrogen and oxygen atoms in total. The van der Waals surface area contributed by atoms with E-state index in [1.54, 1.807) is 6.07 Å². The van der Waals surface area contributed by atoms with Crippen molar-refractivity contribution in [1.29, 1.82) is 0 Å². The average molecular weight is 454 g/mol. The zero-order chi connectivity index (χ0) is 24.4. The van der Waals surface area contributed by atoms with Crippen LogP contribution in [0.25, 0.3) is 0 Å². The van der Waals surface area contributed by atoms with Crippen molar-refractivity contribution in [3.8, 4) is 0 Å². The number of ether oxygens (including phenoxy) is 3. The summed E-state index contributed by atoms with van der Waals surface area (Å²) >= 11 is 0. The Kier molecular flexibility index (Phi) is 10.3. The predicted molar refractivity (Wildman–Crippen MR) is 108 cm³/mol. The fraction of sp³-hybridized carbons (Fsp3) is 0.476. The molecular formula is C21H27FN2O8. The Morgan fingerprint density at radius 1 is 0.938 bits per heavy atom. The molecule has 0 bridgehead atoms. The van der Waals surface area contributed by atoms with Gasteiger partial charge in [-0.3, -0.25) is 19.2 Å². The van der Waals surface area contributed by atoms with Gasteiger partial charge in [-0.05, 0) is 17.7 Å². The molecule has 1 rings (SSSR count). The van der Waals surface area contributed by atoms with Gasteiger partial charge in [0.1, 0.15) is 17.9 Å². The van der Waals surface area contributed by atoms with Gasteiger partial charge in [-0.15, -0.1) is 0 Å². The van der Waals surface area contributed by atoms with Crippen molar-refractivity contribution in [2.45, 2.75) is 32.4 Å². The number of carbonyl (C=O) groups is 5. The Balaban J connectivity index is 3.21. The van der Waals surface area contributed by atoms with Crippen LogP contribution in [0.5, 0.6) is 0 Å². The van der Waals surface area contributed by atoms with Crippen LogP contribution in [0.1, 0.15) is 19.4 Å². The summed E-state index contributed by atoms with van der Waals surface area (Å²) in [6.07, 6.45) is -0.0805. The molecule has 0 aliphatic carbocycles. The van der Waals surface area contributed by atoms with Crippen LogP contribution in [0.2, 0.25) is 0 Å². The second-order valence-corrected chi connectivity index (χ2v) is 6.98. The third kappa shape index (κ3) is 7.33. The third-order valence-electron chi connectivity index (χ3n) is 4.74. The van der Waals surface area contributed by atoms with Crippen LogP contribution >= 0.6 is 0 Å². The van der Waals surface area contributed by atoms with E-state index >= 15 is 0 Å². The molecule has 0 fully saturated rings. The van der Waals surface area contributed by atoms with Gasteiger partial charge in [0, 0.05) is 19.3 Å². The van der Waals surface area contributed by atoms with Crippen molar-refractivity contribution in [3.05, 3.63) is 35.6 Å². The summed E-state index contributed by atoms with van der Waals surface area (Å²) in [5.74, 6) is -7.39. The Bertz CT molecular complexity index is 844. The second kappa shape index (κ2) is 12.4. The van der Waals surface area contributed by atoms with Crippen molar-refractivity contribution in [2.24, 2.45) is 11.8 Å². The van der Waals surface area contributed by atoms with E-state index in [-0.39, 0.29) is 6.42 Å². The topological polar surface area (TPSA) is 137 Å². The maximum Gasteiger partial charge on any atom is 0.328 e. The summed E-state index contributed by atoms with van der Waals surface area (Å²) < 4.78 is 27.5. The van der Waals surface area contributed by atoms with E-state index in [0.29, 0.717) is 5.56 Å². The number of carbonyl (C=O) groups excluding carboxylic acids is 5. The Labute approximate surface area is 184 Å². The van der Waals surface area contributed by atoms with E-state index in [1.165, 1.54) is 32.0 Å². The van der Waals surface area contributed by atoms with Gasteiger partial charge < -0.3 is 24.8 Å². The van der Waals surface area contributed by atoms with Crippen LogP contribution in [0.3, 0.4) is 0 Å². The lowest BCUT2D eigenvalue weighted by Crippen LogP contribution is -2.56. The van der Waals surface area contributed by atoms with E-state index in [4.69, 9.17) is 4.74 Å². The third-order valence-corrected chi connectivity index (χ3v) is 4.74. The number of methoxy groups -OCH3 is 3. The number of nitrogens with one attached hydrogen (secondary N) is 2. The Morgan fingerprint density at radius 3 is 1.97 bits per heavy atom. The van der Waals surface area contributed by atoms with Gasteiger partial charge in [-0.25, -0.2) is 9.18 Å². The van der Waals surface area contributed by atoms with Crippen molar-refractivity contribution in [3.63, 3.8) is 0 Å². The normalized spacial score (nSPS) is 13.3. The molecule has 0 aliphatic heterocycles. The van der Waals surface area contributed by atoms with E-state index in [1.807, 2.05) is 0 Å². The monoisotopic (exact) mass is 454 g/mol. The maximum atomic E-state index is 13.5. The highest BCUT2D eigenvalue weighted by molar-refractivity contribution is 5.97. The first-order valence-corrected chi connectivity index (χ1v) is 9.61. The quantitative estimate of drug-likeness (QED) is 0.289. The molecule has 2 N–H and O–H groups in total. The fourth-order valence-electron chi connectivity index (χ4n) is 3.11. The minimum absolute atomic E-state index is 0.0805. The summed E-state index contributed by atoms with van der Waals surface area (Å²) in [5.41, 5.74) is 0.420. The van der Waals surface area contributed by atoms with Crippen LogP contribution in [0, 0.1) is 17.7 Å². The highest BCUT2D eigenvalue weighted by Crippen LogP contribution is 2.21. The second-order valence-electron chi connectivity index (χ2n) is 6.98. The number of halogens is 1. The summed E-state index contributed by atoms with van der Waals surface area (Å²) in [6.45, 7) is 2.55. The van der Waals surface area contributed by atoms with Crippen LogP contribution in [0.4, 0.5) is 4.39 Å². The molecule has 2 amide bonds. The summed E-state index contributed by atoms with van der Waals surface area (Å²) in [6, 6.07) is 2.81. The SMILES string of the molecule is COC(=O)C(C(=O)OC)[C@H](C)[C@@H](NC(=O)[C@@H](Cc1cccc(F)c1)NC(C)=O)C(=O)OC. The van der Waals surface area contributed by atoms with Gasteiger partial charge in [-0.2, -0.15) is 0 Å². The van der Waals surface area contributed by atoms with Gasteiger partial charge in [0.15, 0.2) is 5.92 Å². The van der Waals surface area contributed by atoms with Gasteiger partial charge in [0.2, 0.25) is 11.8 Å². The number of rotatable bonds is 10. The molecular weight excluding hydrogens is 427 g/mol. The van der Waals surface area contributed by atoms with Gasteiger partial charge in [0.05, 0.1) is 21.3 Å². The molecule has 0 aromatic heterocycles. The number of amides is 2. The zero-order valence-electron chi connectivity index (χ0n) is 18.5. The van der Waals surface area contributed by atoms with Crippen molar-refractivity contribution in [2.75, 3.05) is 21.3 Å². The molecule has 3 atom stereocenters. The van der Waals surface area contributed by atoms with E-state index < -0.39 is 59.5 Å². The maximum absolute atomic E-state index is 13.5. The summed E-state index contributed by atoms with van der Waals surface area (Å²) in [4.78, 5) is 61.2. The standard InChI is InChI=1S/C21H27FN2O8/c1-11(16(19(27)30-3)20(28)31-4)17(21(29)32-5)24-18(26)15(23-12(2)25)10-13-7-6-8-14(22)9-13/h6-9,11,15-17H,10H2,1-5H3,(H,23,25)(H,24,26)/t11-,15+,17+/m0/s1. The lowest BCUT2D eigenvalue weighted by atomic mass is 9.87. The van der Waals surface area contributed by atoms with Crippen LogP contribution in [-0.2, 0) is 44.6 Å². The number of hydrogen-bond acceptors (Lipinski definition) is 8. The first-order valence-electron chi connectivity index (χ1n) is 9.61. The number of esters is 3. The minimum atomic E-state index is -1.53. The van der Waals surface area contributed by atoms with Crippen molar-refractivity contribution < 1.29 is 42.6 Å². The molecule has 0 heterocycles. The molecule has 0 saturated heterocycles. The smallest absolute Gasteiger partial charge is 0.328 e. The lowest BCUT2D eigenvalue weighted by molar-refractivity contribution is -0.163. The number of hydrogen-bond donors (Lipinski definition) is 2. The van der Waals surface area contributed by atoms with E-state index in [9.17, 15) is 28.4 Å². The Hall–Kier alpha value is -3.50. The van der Waals surface area contributed by atoms with E-state index in [2.05, 4.69) is 20.1 Å². The molecule has 0 saturated carbocycles. The Morgan fingerprint density at radius 2 is 1.50 bits per heavy atom. The first kappa shape index (κ1) is 26.5. The van der Waals surface area contributed by atoms with Crippen molar-refractivity contribution in [1.82, 2.24) is 10.6 Å². The minimum Gasteiger partial charge on any atom is -0.468 e. The predicted octanol–water partition coefficient (Wildman–Crippen LogP) is 0.129. The van der Waals surface area contributed by atoms with E-state index in [0.717, 1.165) is 21.3 Å². The molecule has 0 spiro atoms. The molecule has 176 valence electrons. The van der Waals surface area contributed by atoms with Gasteiger partial charge in [-0.1, -0.05) is 19.1 Å². The molecule has 0 aliphatic rings. The molecule has 0 unspecified atom stereocenters. The van der Waals surface area contributed by atoms with Gasteiger partial charge in [0.25, 0.3) is 0 Å². The average Bonchev–Trinajstić information content (AvgIpc) is 2.75. The number of benzene rings is 1. The van der Waals surface area contributed by atoms with Crippen LogP contribution in [-0.4, -0.2) is 63.1 Å². The molecule has 0 radical (unpaired) electrons. The molecule has 1 aromatic rings. The molecule has 1 aromatic carbocycles. The highest BCUT2D eigenvalue weighted by Gasteiger charge is 2.43. The lowest BCUT2D eigenvalue weighted by Gasteiger charge is -2.28. The zero-order valence-corrected chi connectivity index (χ0v) is 18.5. The molecule has 32 heavy (non-hydrogen) atoms. The molecule has 11 heteroatoms. The van der Waals surface area contributed by atoms with Crippen LogP contribution in [0.15, 0.2) is 24.3 Å². The van der Waals surface area contributed by atoms with Crippen LogP contribution < -0.4 is 10.6 Å².